The Bertz CT molecular complexity index is 1240. The van der Waals surface area contributed by atoms with Gasteiger partial charge in [-0.1, -0.05) is 40.8 Å². The number of carbonyl (C=O) groups is 2. The lowest BCUT2D eigenvalue weighted by molar-refractivity contribution is 0.0680. The third-order valence-corrected chi connectivity index (χ3v) is 6.57. The Morgan fingerprint density at radius 1 is 1.03 bits per heavy atom. The topological polar surface area (TPSA) is 117 Å². The largest absolute Gasteiger partial charge is 0.497 e. The van der Waals surface area contributed by atoms with Crippen molar-refractivity contribution in [1.82, 2.24) is 9.88 Å². The number of aromatic nitrogens is 1. The van der Waals surface area contributed by atoms with Crippen LogP contribution < -0.4 is 15.4 Å². The fourth-order valence-electron chi connectivity index (χ4n) is 3.65. The maximum Gasteiger partial charge on any atom is 0.259 e. The molecule has 1 fully saturated rings. The van der Waals surface area contributed by atoms with Crippen LogP contribution in [0.25, 0.3) is 0 Å². The van der Waals surface area contributed by atoms with Crippen molar-refractivity contribution in [2.45, 2.75) is 4.43 Å². The first-order valence-corrected chi connectivity index (χ1v) is 12.8. The summed E-state index contributed by atoms with van der Waals surface area (Å²) < 4.78 is 11.4. The molecule has 2 heterocycles. The number of halogens is 1. The molecule has 1 aliphatic heterocycles. The van der Waals surface area contributed by atoms with Gasteiger partial charge in [-0.3, -0.25) is 15.0 Å². The predicted molar refractivity (Wildman–Crippen MR) is 147 cm³/mol. The standard InChI is InChI=1S/C26H26IN5O4/c1-35-20-7-8-22(21(14-20)26(34)31-23-9-2-17(15-27)16-29-23)30-25(33)19-5-3-18(4-6-19)24(28)32-10-12-36-13-11-32/h2-9,14,16,28H,10-13,15H2,1H3,(H,30,33)(H,29,31,34). The van der Waals surface area contributed by atoms with E-state index < -0.39 is 5.91 Å². The molecule has 0 spiro atoms. The van der Waals surface area contributed by atoms with Crippen LogP contribution in [-0.2, 0) is 9.16 Å². The van der Waals surface area contributed by atoms with Crippen LogP contribution in [0, 0.1) is 5.41 Å². The zero-order valence-electron chi connectivity index (χ0n) is 19.7. The fraction of sp³-hybridized carbons (Fsp3) is 0.231. The molecule has 4 rings (SSSR count). The molecule has 1 aromatic heterocycles. The van der Waals surface area contributed by atoms with Crippen LogP contribution in [0.1, 0.15) is 31.8 Å². The second-order valence-corrected chi connectivity index (χ2v) is 8.79. The van der Waals surface area contributed by atoms with Gasteiger partial charge < -0.3 is 25.0 Å². The van der Waals surface area contributed by atoms with Crippen molar-refractivity contribution in [2.24, 2.45) is 0 Å². The summed E-state index contributed by atoms with van der Waals surface area (Å²) in [4.78, 5) is 32.3. The minimum absolute atomic E-state index is 0.244. The summed E-state index contributed by atoms with van der Waals surface area (Å²) in [5.41, 5.74) is 2.76. The molecule has 3 aromatic rings. The van der Waals surface area contributed by atoms with E-state index in [0.29, 0.717) is 55.0 Å². The lowest BCUT2D eigenvalue weighted by Gasteiger charge is -2.29. The van der Waals surface area contributed by atoms with Crippen LogP contribution in [-0.4, -0.2) is 60.9 Å². The molecule has 10 heteroatoms. The molecule has 1 aliphatic rings. The Hall–Kier alpha value is -3.51. The number of hydrogen-bond acceptors (Lipinski definition) is 6. The number of hydrogen-bond donors (Lipinski definition) is 3. The number of methoxy groups -OCH3 is 1. The van der Waals surface area contributed by atoms with Gasteiger partial charge in [-0.25, -0.2) is 4.98 Å². The number of nitrogens with zero attached hydrogens (tertiary/aromatic N) is 2. The molecule has 2 aromatic carbocycles. The summed E-state index contributed by atoms with van der Waals surface area (Å²) in [6.45, 7) is 2.53. The molecule has 0 bridgehead atoms. The van der Waals surface area contributed by atoms with Crippen LogP contribution in [0.4, 0.5) is 11.5 Å². The van der Waals surface area contributed by atoms with Gasteiger partial charge in [-0.15, -0.1) is 0 Å². The van der Waals surface area contributed by atoms with Crippen molar-refractivity contribution in [3.63, 3.8) is 0 Å². The molecule has 186 valence electrons. The second-order valence-electron chi connectivity index (χ2n) is 8.03. The van der Waals surface area contributed by atoms with Gasteiger partial charge in [0, 0.05) is 34.8 Å². The van der Waals surface area contributed by atoms with E-state index in [0.717, 1.165) is 15.6 Å². The van der Waals surface area contributed by atoms with Crippen molar-refractivity contribution in [3.05, 3.63) is 83.0 Å². The maximum absolute atomic E-state index is 13.0. The number of carbonyl (C=O) groups excluding carboxylic acids is 2. The van der Waals surface area contributed by atoms with E-state index in [1.54, 1.807) is 54.7 Å². The fourth-order valence-corrected chi connectivity index (χ4v) is 4.10. The van der Waals surface area contributed by atoms with Gasteiger partial charge in [0.2, 0.25) is 0 Å². The summed E-state index contributed by atoms with van der Waals surface area (Å²) in [7, 11) is 1.51. The van der Waals surface area contributed by atoms with Gasteiger partial charge >= 0.3 is 0 Å². The van der Waals surface area contributed by atoms with E-state index in [4.69, 9.17) is 14.9 Å². The lowest BCUT2D eigenvalue weighted by Crippen LogP contribution is -2.40. The average molecular weight is 599 g/mol. The van der Waals surface area contributed by atoms with E-state index in [9.17, 15) is 9.59 Å². The third kappa shape index (κ3) is 6.18. The Labute approximate surface area is 222 Å². The molecular formula is C26H26IN5O4. The molecular weight excluding hydrogens is 573 g/mol. The molecule has 0 unspecified atom stereocenters. The third-order valence-electron chi connectivity index (χ3n) is 5.69. The van der Waals surface area contributed by atoms with E-state index in [1.807, 2.05) is 11.0 Å². The van der Waals surface area contributed by atoms with Gasteiger partial charge in [-0.05, 0) is 42.0 Å². The van der Waals surface area contributed by atoms with Crippen LogP contribution in [0.3, 0.4) is 0 Å². The van der Waals surface area contributed by atoms with Crippen molar-refractivity contribution < 1.29 is 19.1 Å². The van der Waals surface area contributed by atoms with Gasteiger partial charge in [0.25, 0.3) is 11.8 Å². The number of benzene rings is 2. The highest BCUT2D eigenvalue weighted by Gasteiger charge is 2.18. The van der Waals surface area contributed by atoms with Gasteiger partial charge in [0.05, 0.1) is 31.6 Å². The second kappa shape index (κ2) is 12.0. The molecule has 1 saturated heterocycles. The SMILES string of the molecule is COc1ccc(NC(=O)c2ccc(C(=N)N3CCOCC3)cc2)c(C(=O)Nc2ccc(CI)cn2)c1. The smallest absolute Gasteiger partial charge is 0.259 e. The first-order chi connectivity index (χ1) is 17.5. The van der Waals surface area contributed by atoms with E-state index >= 15 is 0 Å². The predicted octanol–water partition coefficient (Wildman–Crippen LogP) is 4.19. The number of pyridine rings is 1. The summed E-state index contributed by atoms with van der Waals surface area (Å²) in [5, 5.41) is 14.0. The number of rotatable bonds is 7. The van der Waals surface area contributed by atoms with Crippen molar-refractivity contribution >= 4 is 51.7 Å². The van der Waals surface area contributed by atoms with Crippen molar-refractivity contribution in [2.75, 3.05) is 44.0 Å². The summed E-state index contributed by atoms with van der Waals surface area (Å²) >= 11 is 2.24. The van der Waals surface area contributed by atoms with E-state index in [-0.39, 0.29) is 11.5 Å². The zero-order valence-corrected chi connectivity index (χ0v) is 21.9. The number of ether oxygens (including phenoxy) is 2. The van der Waals surface area contributed by atoms with E-state index in [1.165, 1.54) is 7.11 Å². The van der Waals surface area contributed by atoms with Gasteiger partial charge in [-0.2, -0.15) is 0 Å². The Kier molecular flexibility index (Phi) is 8.49. The van der Waals surface area contributed by atoms with Crippen LogP contribution in [0.5, 0.6) is 5.75 Å². The van der Waals surface area contributed by atoms with Gasteiger partial charge in [0.15, 0.2) is 0 Å². The minimum Gasteiger partial charge on any atom is -0.497 e. The summed E-state index contributed by atoms with van der Waals surface area (Å²) in [6.07, 6.45) is 1.71. The molecule has 0 radical (unpaired) electrons. The number of alkyl halides is 1. The number of morpholine rings is 1. The molecule has 0 saturated carbocycles. The number of nitrogens with one attached hydrogen (secondary N) is 3. The Morgan fingerprint density at radius 3 is 2.39 bits per heavy atom. The zero-order chi connectivity index (χ0) is 25.5. The number of amidine groups is 1. The van der Waals surface area contributed by atoms with Crippen molar-refractivity contribution in [1.29, 1.82) is 5.41 Å². The highest BCUT2D eigenvalue weighted by molar-refractivity contribution is 14.1. The van der Waals surface area contributed by atoms with Crippen LogP contribution in [0.15, 0.2) is 60.8 Å². The number of amides is 2. The van der Waals surface area contributed by atoms with Crippen molar-refractivity contribution in [3.8, 4) is 5.75 Å². The Morgan fingerprint density at radius 2 is 1.75 bits per heavy atom. The van der Waals surface area contributed by atoms with E-state index in [2.05, 4.69) is 38.2 Å². The quantitative estimate of drug-likeness (QED) is 0.162. The molecule has 9 nitrogen and oxygen atoms in total. The molecule has 3 N–H and O–H groups in total. The maximum atomic E-state index is 13.0. The first-order valence-electron chi connectivity index (χ1n) is 11.3. The minimum atomic E-state index is -0.423. The first kappa shape index (κ1) is 25.6. The molecule has 2 amide bonds. The molecule has 0 atom stereocenters. The monoisotopic (exact) mass is 599 g/mol. The number of anilines is 2. The van der Waals surface area contributed by atoms with Gasteiger partial charge in [0.1, 0.15) is 17.4 Å². The highest BCUT2D eigenvalue weighted by atomic mass is 127. The summed E-state index contributed by atoms with van der Waals surface area (Å²) in [5.74, 6) is 0.500. The summed E-state index contributed by atoms with van der Waals surface area (Å²) in [6, 6.07) is 15.3. The van der Waals surface area contributed by atoms with Crippen LogP contribution >= 0.6 is 22.6 Å². The van der Waals surface area contributed by atoms with Crippen LogP contribution in [0.2, 0.25) is 0 Å². The average Bonchev–Trinajstić information content (AvgIpc) is 2.93. The molecule has 0 aliphatic carbocycles. The Balaban J connectivity index is 1.49. The lowest BCUT2D eigenvalue weighted by atomic mass is 10.1. The highest BCUT2D eigenvalue weighted by Crippen LogP contribution is 2.24. The normalized spacial score (nSPS) is 13.1. The molecule has 36 heavy (non-hydrogen) atoms.